The molecule has 0 saturated carbocycles. The minimum absolute atomic E-state index is 0.0955. The zero-order valence-electron chi connectivity index (χ0n) is 15.8. The molecule has 1 aliphatic heterocycles. The maximum Gasteiger partial charge on any atom is 0.411 e. The summed E-state index contributed by atoms with van der Waals surface area (Å²) >= 11 is 0. The van der Waals surface area contributed by atoms with Crippen molar-refractivity contribution in [2.75, 3.05) is 31.2 Å². The van der Waals surface area contributed by atoms with Crippen molar-refractivity contribution in [3.8, 4) is 11.1 Å². The van der Waals surface area contributed by atoms with Crippen LogP contribution in [-0.2, 0) is 11.4 Å². The number of aliphatic hydroxyl groups is 1. The number of hydrogen-bond acceptors (Lipinski definition) is 8. The SMILES string of the molecule is NC(=NCc1cccc(-c2cnc(N3CC(=NOCCO)C3)nc2)c1F)NC(=O)O. The lowest BCUT2D eigenvalue weighted by Crippen LogP contribution is -2.48. The van der Waals surface area contributed by atoms with E-state index in [0.717, 1.165) is 5.71 Å². The normalized spacial score (nSPS) is 13.6. The predicted octanol–water partition coefficient (Wildman–Crippen LogP) is 0.550. The molecular formula is C18H20FN7O4. The number of hydrogen-bond donors (Lipinski definition) is 4. The van der Waals surface area contributed by atoms with Gasteiger partial charge >= 0.3 is 6.09 Å². The van der Waals surface area contributed by atoms with Gasteiger partial charge in [0.25, 0.3) is 0 Å². The first kappa shape index (κ1) is 20.9. The number of carbonyl (C=O) groups is 1. The molecule has 0 unspecified atom stereocenters. The Morgan fingerprint density at radius 3 is 2.73 bits per heavy atom. The summed E-state index contributed by atoms with van der Waals surface area (Å²) in [5.74, 6) is -0.354. The summed E-state index contributed by atoms with van der Waals surface area (Å²) in [5, 5.41) is 23.0. The fraction of sp³-hybridized carbons (Fsp3) is 0.278. The van der Waals surface area contributed by atoms with Gasteiger partial charge in [0.1, 0.15) is 12.4 Å². The molecule has 5 N–H and O–H groups in total. The standard InChI is InChI=1S/C18H20FN7O4/c19-15-11(6-21-16(20)24-18(28)29)2-1-3-14(15)12-7-22-17(23-8-12)26-9-13(10-26)25-30-5-4-27/h1-3,7-8,27H,4-6,9-10H2,(H,28,29)(H3,20,21,24). The molecule has 1 aliphatic rings. The van der Waals surface area contributed by atoms with Crippen molar-refractivity contribution in [2.24, 2.45) is 15.9 Å². The van der Waals surface area contributed by atoms with Gasteiger partial charge in [-0.2, -0.15) is 0 Å². The highest BCUT2D eigenvalue weighted by molar-refractivity contribution is 5.98. The molecule has 0 aliphatic carbocycles. The number of carboxylic acid groups (broad SMARTS) is 1. The highest BCUT2D eigenvalue weighted by Gasteiger charge is 2.25. The predicted molar refractivity (Wildman–Crippen MR) is 107 cm³/mol. The molecule has 158 valence electrons. The summed E-state index contributed by atoms with van der Waals surface area (Å²) < 4.78 is 14.8. The van der Waals surface area contributed by atoms with E-state index < -0.39 is 11.9 Å². The average Bonchev–Trinajstić information content (AvgIpc) is 2.69. The van der Waals surface area contributed by atoms with Crippen LogP contribution < -0.4 is 16.0 Å². The van der Waals surface area contributed by atoms with Gasteiger partial charge in [-0.1, -0.05) is 23.4 Å². The molecule has 1 aromatic heterocycles. The van der Waals surface area contributed by atoms with Gasteiger partial charge in [0.15, 0.2) is 5.96 Å². The lowest BCUT2D eigenvalue weighted by atomic mass is 10.0. The number of guanidine groups is 1. The van der Waals surface area contributed by atoms with E-state index in [1.807, 2.05) is 10.2 Å². The van der Waals surface area contributed by atoms with Crippen LogP contribution in [0, 0.1) is 5.82 Å². The van der Waals surface area contributed by atoms with Crippen molar-refractivity contribution in [2.45, 2.75) is 6.54 Å². The van der Waals surface area contributed by atoms with Gasteiger partial charge in [0.05, 0.1) is 32.0 Å². The Bertz CT molecular complexity index is 958. The third-order valence-corrected chi connectivity index (χ3v) is 4.09. The van der Waals surface area contributed by atoms with E-state index >= 15 is 0 Å². The van der Waals surface area contributed by atoms with Crippen molar-refractivity contribution in [3.05, 3.63) is 42.0 Å². The average molecular weight is 417 g/mol. The van der Waals surface area contributed by atoms with E-state index in [9.17, 15) is 9.18 Å². The summed E-state index contributed by atoms with van der Waals surface area (Å²) in [7, 11) is 0. The summed E-state index contributed by atoms with van der Waals surface area (Å²) in [6, 6.07) is 4.78. The number of aliphatic imine (C=N–C) groups is 1. The third kappa shape index (κ3) is 5.17. The molecule has 1 aromatic carbocycles. The smallest absolute Gasteiger partial charge is 0.411 e. The number of halogens is 1. The summed E-state index contributed by atoms with van der Waals surface area (Å²) in [6.45, 7) is 0.949. The van der Waals surface area contributed by atoms with E-state index in [2.05, 4.69) is 20.1 Å². The monoisotopic (exact) mass is 417 g/mol. The minimum Gasteiger partial charge on any atom is -0.465 e. The van der Waals surface area contributed by atoms with E-state index in [4.69, 9.17) is 20.8 Å². The number of anilines is 1. The van der Waals surface area contributed by atoms with Crippen LogP contribution in [0.25, 0.3) is 11.1 Å². The van der Waals surface area contributed by atoms with Crippen molar-refractivity contribution >= 4 is 23.7 Å². The first-order chi connectivity index (χ1) is 14.5. The Morgan fingerprint density at radius 1 is 1.33 bits per heavy atom. The highest BCUT2D eigenvalue weighted by atomic mass is 19.1. The molecule has 1 saturated heterocycles. The van der Waals surface area contributed by atoms with Gasteiger partial charge in [-0.3, -0.25) is 5.32 Å². The van der Waals surface area contributed by atoms with Gasteiger partial charge in [-0.15, -0.1) is 0 Å². The first-order valence-electron chi connectivity index (χ1n) is 8.91. The number of rotatable bonds is 7. The zero-order chi connectivity index (χ0) is 21.5. The second-order valence-corrected chi connectivity index (χ2v) is 6.25. The minimum atomic E-state index is -1.35. The van der Waals surface area contributed by atoms with Crippen molar-refractivity contribution in [3.63, 3.8) is 0 Å². The van der Waals surface area contributed by atoms with Crippen molar-refractivity contribution in [1.29, 1.82) is 0 Å². The Kier molecular flexibility index (Phi) is 6.70. The molecule has 0 bridgehead atoms. The molecule has 0 radical (unpaired) electrons. The number of aliphatic hydroxyl groups excluding tert-OH is 1. The Balaban J connectivity index is 1.67. The quantitative estimate of drug-likeness (QED) is 0.220. The third-order valence-electron chi connectivity index (χ3n) is 4.09. The van der Waals surface area contributed by atoms with Crippen LogP contribution in [-0.4, -0.2) is 64.2 Å². The molecule has 3 rings (SSSR count). The number of nitrogens with zero attached hydrogens (tertiary/aromatic N) is 5. The summed E-state index contributed by atoms with van der Waals surface area (Å²) in [5.41, 5.74) is 7.25. The molecule has 1 amide bonds. The highest BCUT2D eigenvalue weighted by Crippen LogP contribution is 2.25. The fourth-order valence-corrected chi connectivity index (χ4v) is 2.64. The number of nitrogens with two attached hydrogens (primary N) is 1. The molecule has 0 spiro atoms. The molecule has 11 nitrogen and oxygen atoms in total. The van der Waals surface area contributed by atoms with Crippen LogP contribution in [0.15, 0.2) is 40.7 Å². The second-order valence-electron chi connectivity index (χ2n) is 6.25. The summed E-state index contributed by atoms with van der Waals surface area (Å²) in [6.07, 6.45) is 1.69. The van der Waals surface area contributed by atoms with E-state index in [1.165, 1.54) is 18.5 Å². The fourth-order valence-electron chi connectivity index (χ4n) is 2.64. The zero-order valence-corrected chi connectivity index (χ0v) is 15.8. The molecular weight excluding hydrogens is 397 g/mol. The Hall–Kier alpha value is -3.80. The van der Waals surface area contributed by atoms with Gasteiger partial charge in [-0.25, -0.2) is 24.1 Å². The molecule has 12 heteroatoms. The summed E-state index contributed by atoms with van der Waals surface area (Å²) in [4.78, 5) is 29.6. The second kappa shape index (κ2) is 9.60. The molecule has 2 heterocycles. The number of amides is 1. The van der Waals surface area contributed by atoms with Crippen LogP contribution in [0.5, 0.6) is 0 Å². The topological polar surface area (TPSA) is 159 Å². The van der Waals surface area contributed by atoms with Crippen LogP contribution in [0.1, 0.15) is 5.56 Å². The number of aromatic nitrogens is 2. The molecule has 1 fully saturated rings. The van der Waals surface area contributed by atoms with Gasteiger partial charge in [0.2, 0.25) is 5.95 Å². The number of benzene rings is 1. The maximum absolute atomic E-state index is 14.8. The van der Waals surface area contributed by atoms with Gasteiger partial charge in [0, 0.05) is 29.1 Å². The van der Waals surface area contributed by atoms with Gasteiger partial charge in [-0.05, 0) is 0 Å². The number of oxime groups is 1. The van der Waals surface area contributed by atoms with E-state index in [-0.39, 0.29) is 31.3 Å². The lowest BCUT2D eigenvalue weighted by Gasteiger charge is -2.31. The van der Waals surface area contributed by atoms with Crippen LogP contribution >= 0.6 is 0 Å². The van der Waals surface area contributed by atoms with E-state index in [1.54, 1.807) is 12.1 Å². The van der Waals surface area contributed by atoms with Crippen LogP contribution in [0.3, 0.4) is 0 Å². The van der Waals surface area contributed by atoms with Crippen LogP contribution in [0.4, 0.5) is 15.1 Å². The van der Waals surface area contributed by atoms with Crippen molar-refractivity contribution in [1.82, 2.24) is 15.3 Å². The Labute approximate surface area is 170 Å². The molecule has 2 aromatic rings. The Morgan fingerprint density at radius 2 is 2.07 bits per heavy atom. The van der Waals surface area contributed by atoms with Crippen LogP contribution in [0.2, 0.25) is 0 Å². The molecule has 0 atom stereocenters. The maximum atomic E-state index is 14.8. The largest absolute Gasteiger partial charge is 0.465 e. The van der Waals surface area contributed by atoms with Crippen molar-refractivity contribution < 1.29 is 24.2 Å². The van der Waals surface area contributed by atoms with Gasteiger partial charge < -0.3 is 25.7 Å². The first-order valence-corrected chi connectivity index (χ1v) is 8.91. The molecule has 30 heavy (non-hydrogen) atoms. The lowest BCUT2D eigenvalue weighted by molar-refractivity contribution is 0.0975. The number of nitrogens with one attached hydrogen (secondary N) is 1. The van der Waals surface area contributed by atoms with E-state index in [0.29, 0.717) is 30.2 Å².